The van der Waals surface area contributed by atoms with Crippen LogP contribution in [0.15, 0.2) is 36.8 Å². The molecule has 1 atom stereocenters. The SMILES string of the molecule is COc1cc(-c2cncn2C)ccc1Nc1cc(NC(=O)C2CC2)nc2c1nc(C)n2C1CCCCO1. The number of aryl methyl sites for hydroxylation is 2. The molecule has 4 heterocycles. The van der Waals surface area contributed by atoms with Crippen LogP contribution in [-0.4, -0.2) is 43.7 Å². The molecule has 1 aliphatic carbocycles. The largest absolute Gasteiger partial charge is 0.495 e. The van der Waals surface area contributed by atoms with E-state index in [9.17, 15) is 4.79 Å². The molecule has 0 bridgehead atoms. The number of benzene rings is 1. The van der Waals surface area contributed by atoms with Gasteiger partial charge in [-0.1, -0.05) is 6.07 Å². The minimum Gasteiger partial charge on any atom is -0.495 e. The number of fused-ring (bicyclic) bond motifs is 1. The Labute approximate surface area is 215 Å². The van der Waals surface area contributed by atoms with E-state index in [0.29, 0.717) is 29.3 Å². The molecule has 1 saturated heterocycles. The van der Waals surface area contributed by atoms with E-state index in [1.54, 1.807) is 13.4 Å². The zero-order valence-corrected chi connectivity index (χ0v) is 21.3. The van der Waals surface area contributed by atoms with Gasteiger partial charge in [-0.05, 0) is 51.2 Å². The van der Waals surface area contributed by atoms with Gasteiger partial charge in [-0.15, -0.1) is 0 Å². The van der Waals surface area contributed by atoms with Crippen molar-refractivity contribution in [2.45, 2.75) is 45.3 Å². The minimum atomic E-state index is -0.124. The summed E-state index contributed by atoms with van der Waals surface area (Å²) >= 11 is 0. The second kappa shape index (κ2) is 9.51. The van der Waals surface area contributed by atoms with Crippen LogP contribution in [0.2, 0.25) is 0 Å². The number of carbonyl (C=O) groups is 1. The normalized spacial score (nSPS) is 17.6. The highest BCUT2D eigenvalue weighted by molar-refractivity contribution is 5.97. The number of anilines is 3. The Kier molecular flexibility index (Phi) is 6.03. The van der Waals surface area contributed by atoms with Gasteiger partial charge in [0.2, 0.25) is 5.91 Å². The summed E-state index contributed by atoms with van der Waals surface area (Å²) in [7, 11) is 3.61. The summed E-state index contributed by atoms with van der Waals surface area (Å²) in [6.07, 6.45) is 8.37. The van der Waals surface area contributed by atoms with Gasteiger partial charge in [0.25, 0.3) is 0 Å². The highest BCUT2D eigenvalue weighted by atomic mass is 16.5. The van der Waals surface area contributed by atoms with Crippen LogP contribution in [0.4, 0.5) is 17.2 Å². The maximum absolute atomic E-state index is 12.6. The van der Waals surface area contributed by atoms with Gasteiger partial charge in [0.15, 0.2) is 5.65 Å². The number of nitrogens with zero attached hydrogens (tertiary/aromatic N) is 5. The lowest BCUT2D eigenvalue weighted by atomic mass is 10.1. The number of imidazole rings is 2. The molecular formula is C27H31N7O3. The topological polar surface area (TPSA) is 108 Å². The van der Waals surface area contributed by atoms with Gasteiger partial charge in [0.1, 0.15) is 29.1 Å². The number of amides is 1. The lowest BCUT2D eigenvalue weighted by Crippen LogP contribution is -2.20. The van der Waals surface area contributed by atoms with Crippen LogP contribution < -0.4 is 15.4 Å². The number of ether oxygens (including phenoxy) is 2. The summed E-state index contributed by atoms with van der Waals surface area (Å²) in [6, 6.07) is 7.82. The predicted octanol–water partition coefficient (Wildman–Crippen LogP) is 4.94. The summed E-state index contributed by atoms with van der Waals surface area (Å²) in [5, 5.41) is 6.51. The molecule has 10 heteroatoms. The maximum atomic E-state index is 12.6. The van der Waals surface area contributed by atoms with Crippen molar-refractivity contribution in [1.29, 1.82) is 0 Å². The molecule has 1 amide bonds. The van der Waals surface area contributed by atoms with E-state index >= 15 is 0 Å². The number of carbonyl (C=O) groups excluding carboxylic acids is 1. The monoisotopic (exact) mass is 501 g/mol. The molecule has 1 aliphatic heterocycles. The Morgan fingerprint density at radius 3 is 2.70 bits per heavy atom. The van der Waals surface area contributed by atoms with Crippen LogP contribution in [0.25, 0.3) is 22.4 Å². The fourth-order valence-corrected chi connectivity index (χ4v) is 4.91. The van der Waals surface area contributed by atoms with E-state index in [2.05, 4.69) is 20.2 Å². The number of pyridine rings is 1. The summed E-state index contributed by atoms with van der Waals surface area (Å²) < 4.78 is 15.8. The third-order valence-electron chi connectivity index (χ3n) is 7.05. The fourth-order valence-electron chi connectivity index (χ4n) is 4.91. The van der Waals surface area contributed by atoms with Gasteiger partial charge < -0.3 is 24.7 Å². The number of hydrogen-bond acceptors (Lipinski definition) is 7. The van der Waals surface area contributed by atoms with Crippen LogP contribution in [0.1, 0.15) is 44.2 Å². The van der Waals surface area contributed by atoms with E-state index in [1.165, 1.54) is 0 Å². The van der Waals surface area contributed by atoms with Crippen molar-refractivity contribution in [1.82, 2.24) is 24.1 Å². The number of rotatable bonds is 7. The molecule has 2 fully saturated rings. The molecule has 1 unspecified atom stereocenters. The third kappa shape index (κ3) is 4.53. The smallest absolute Gasteiger partial charge is 0.228 e. The summed E-state index contributed by atoms with van der Waals surface area (Å²) in [4.78, 5) is 26.5. The molecule has 2 aliphatic rings. The standard InChI is InChI=1S/C27H31N7O3/c1-16-29-25-20(30-19-10-9-18(12-22(19)36-3)21-14-28-15-33(21)2)13-23(32-27(35)17-7-8-17)31-26(25)34(16)24-6-4-5-11-37-24/h9-10,12-15,17,24H,4-8,11H2,1-3H3,(H2,30,31,32,35). The zero-order chi connectivity index (χ0) is 25.5. The van der Waals surface area contributed by atoms with Crippen molar-refractivity contribution >= 4 is 34.3 Å². The molecule has 192 valence electrons. The van der Waals surface area contributed by atoms with Gasteiger partial charge in [-0.2, -0.15) is 0 Å². The lowest BCUT2D eigenvalue weighted by Gasteiger charge is -2.25. The Morgan fingerprint density at radius 1 is 1.14 bits per heavy atom. The van der Waals surface area contributed by atoms with Crippen LogP contribution in [0.3, 0.4) is 0 Å². The van der Waals surface area contributed by atoms with Crippen molar-refractivity contribution in [2.24, 2.45) is 13.0 Å². The van der Waals surface area contributed by atoms with Crippen molar-refractivity contribution in [2.75, 3.05) is 24.4 Å². The highest BCUT2D eigenvalue weighted by Gasteiger charge is 2.30. The number of methoxy groups -OCH3 is 1. The van der Waals surface area contributed by atoms with Crippen LogP contribution in [-0.2, 0) is 16.6 Å². The molecule has 6 rings (SSSR count). The second-order valence-electron chi connectivity index (χ2n) is 9.77. The Balaban J connectivity index is 1.42. The first-order chi connectivity index (χ1) is 18.0. The lowest BCUT2D eigenvalue weighted by molar-refractivity contribution is -0.117. The van der Waals surface area contributed by atoms with Crippen LogP contribution in [0.5, 0.6) is 5.75 Å². The van der Waals surface area contributed by atoms with Crippen molar-refractivity contribution < 1.29 is 14.3 Å². The van der Waals surface area contributed by atoms with E-state index in [4.69, 9.17) is 19.4 Å². The molecule has 3 aromatic heterocycles. The summed E-state index contributed by atoms with van der Waals surface area (Å²) in [5.41, 5.74) is 4.90. The molecule has 10 nitrogen and oxygen atoms in total. The maximum Gasteiger partial charge on any atom is 0.228 e. The second-order valence-corrected chi connectivity index (χ2v) is 9.77. The molecule has 1 aromatic carbocycles. The minimum absolute atomic E-state index is 0.00705. The molecule has 37 heavy (non-hydrogen) atoms. The van der Waals surface area contributed by atoms with Gasteiger partial charge >= 0.3 is 0 Å². The fraction of sp³-hybridized carbons (Fsp3) is 0.407. The number of aromatic nitrogens is 5. The van der Waals surface area contributed by atoms with Gasteiger partial charge in [0, 0.05) is 31.2 Å². The van der Waals surface area contributed by atoms with E-state index < -0.39 is 0 Å². The van der Waals surface area contributed by atoms with Crippen molar-refractivity contribution in [3.63, 3.8) is 0 Å². The summed E-state index contributed by atoms with van der Waals surface area (Å²) in [6.45, 7) is 2.68. The van der Waals surface area contributed by atoms with E-state index in [-0.39, 0.29) is 18.1 Å². The van der Waals surface area contributed by atoms with Crippen LogP contribution in [0, 0.1) is 12.8 Å². The predicted molar refractivity (Wildman–Crippen MR) is 141 cm³/mol. The first kappa shape index (κ1) is 23.5. The molecule has 0 radical (unpaired) electrons. The molecule has 4 aromatic rings. The van der Waals surface area contributed by atoms with Crippen molar-refractivity contribution in [3.8, 4) is 17.0 Å². The molecule has 2 N–H and O–H groups in total. The van der Waals surface area contributed by atoms with E-state index in [1.807, 2.05) is 49.0 Å². The first-order valence-electron chi connectivity index (χ1n) is 12.8. The average Bonchev–Trinajstić information content (AvgIpc) is 3.59. The first-order valence-corrected chi connectivity index (χ1v) is 12.8. The average molecular weight is 502 g/mol. The Hall–Kier alpha value is -3.92. The van der Waals surface area contributed by atoms with Crippen LogP contribution >= 0.6 is 0 Å². The number of nitrogens with one attached hydrogen (secondary N) is 2. The van der Waals surface area contributed by atoms with Gasteiger partial charge in [-0.25, -0.2) is 15.0 Å². The molecular weight excluding hydrogens is 470 g/mol. The zero-order valence-electron chi connectivity index (χ0n) is 21.3. The van der Waals surface area contributed by atoms with E-state index in [0.717, 1.165) is 60.6 Å². The Bertz CT molecular complexity index is 1460. The quantitative estimate of drug-likeness (QED) is 0.369. The number of hydrogen-bond donors (Lipinski definition) is 2. The Morgan fingerprint density at radius 2 is 2.00 bits per heavy atom. The highest BCUT2D eigenvalue weighted by Crippen LogP contribution is 2.37. The summed E-state index contributed by atoms with van der Waals surface area (Å²) in [5.74, 6) is 2.07. The third-order valence-corrected chi connectivity index (χ3v) is 7.05. The van der Waals surface area contributed by atoms with Gasteiger partial charge in [-0.3, -0.25) is 9.36 Å². The molecule has 0 spiro atoms. The molecule has 1 saturated carbocycles. The van der Waals surface area contributed by atoms with Crippen molar-refractivity contribution in [3.05, 3.63) is 42.6 Å². The van der Waals surface area contributed by atoms with Gasteiger partial charge in [0.05, 0.1) is 36.7 Å².